The summed E-state index contributed by atoms with van der Waals surface area (Å²) < 4.78 is 0. The first-order valence-electron chi connectivity index (χ1n) is 4.39. The first kappa shape index (κ1) is 12.7. The summed E-state index contributed by atoms with van der Waals surface area (Å²) in [5, 5.41) is 2.82. The van der Waals surface area contributed by atoms with Crippen molar-refractivity contribution in [3.63, 3.8) is 0 Å². The number of nitrogens with two attached hydrogens (primary N) is 1. The van der Waals surface area contributed by atoms with Gasteiger partial charge in [0, 0.05) is 13.0 Å². The number of hydrogen-bond donors (Lipinski definition) is 2. The molecule has 0 saturated carbocycles. The molecule has 2 amide bonds. The second-order valence-electron chi connectivity index (χ2n) is 2.94. The molecule has 86 valence electrons. The van der Waals surface area contributed by atoms with E-state index < -0.39 is 11.8 Å². The smallest absolute Gasteiger partial charge is 0.271 e. The predicted octanol–water partition coefficient (Wildman–Crippen LogP) is 0.994. The number of rotatable bonds is 4. The summed E-state index contributed by atoms with van der Waals surface area (Å²) >= 11 is 11.4. The molecule has 5 nitrogen and oxygen atoms in total. The van der Waals surface area contributed by atoms with Crippen molar-refractivity contribution in [2.75, 3.05) is 6.54 Å². The van der Waals surface area contributed by atoms with E-state index in [9.17, 15) is 9.59 Å². The van der Waals surface area contributed by atoms with Crippen LogP contribution in [0, 0.1) is 0 Å². The molecule has 0 aliphatic rings. The Labute approximate surface area is 102 Å². The van der Waals surface area contributed by atoms with Gasteiger partial charge in [-0.3, -0.25) is 9.59 Å². The molecular weight excluding hydrogens is 253 g/mol. The van der Waals surface area contributed by atoms with E-state index in [2.05, 4.69) is 10.3 Å². The van der Waals surface area contributed by atoms with Crippen molar-refractivity contribution >= 4 is 35.0 Å². The Bertz CT molecular complexity index is 423. The van der Waals surface area contributed by atoms with Gasteiger partial charge in [-0.15, -0.1) is 0 Å². The van der Waals surface area contributed by atoms with Crippen LogP contribution in [-0.4, -0.2) is 23.3 Å². The molecule has 16 heavy (non-hydrogen) atoms. The van der Waals surface area contributed by atoms with E-state index in [4.69, 9.17) is 28.9 Å². The summed E-state index contributed by atoms with van der Waals surface area (Å²) in [4.78, 5) is 25.8. The van der Waals surface area contributed by atoms with Crippen LogP contribution in [0.2, 0.25) is 10.2 Å². The standard InChI is InChI=1S/C9H9Cl2N3O2/c10-5-1-2-6(11)14-8(5)9(16)13-4-3-7(12)15/h1-2H,3-4H2,(H2,12,15)(H,13,16). The lowest BCUT2D eigenvalue weighted by molar-refractivity contribution is -0.117. The lowest BCUT2D eigenvalue weighted by Gasteiger charge is -2.04. The van der Waals surface area contributed by atoms with Gasteiger partial charge < -0.3 is 11.1 Å². The van der Waals surface area contributed by atoms with Crippen molar-refractivity contribution in [2.45, 2.75) is 6.42 Å². The number of hydrogen-bond acceptors (Lipinski definition) is 3. The highest BCUT2D eigenvalue weighted by Gasteiger charge is 2.12. The summed E-state index contributed by atoms with van der Waals surface area (Å²) in [5.74, 6) is -0.987. The number of nitrogens with one attached hydrogen (secondary N) is 1. The molecule has 7 heteroatoms. The Morgan fingerprint density at radius 3 is 2.69 bits per heavy atom. The highest BCUT2D eigenvalue weighted by atomic mass is 35.5. The summed E-state index contributed by atoms with van der Waals surface area (Å²) in [7, 11) is 0. The maximum Gasteiger partial charge on any atom is 0.271 e. The molecule has 0 aromatic carbocycles. The largest absolute Gasteiger partial charge is 0.370 e. The van der Waals surface area contributed by atoms with E-state index in [0.29, 0.717) is 0 Å². The number of amides is 2. The molecular formula is C9H9Cl2N3O2. The SMILES string of the molecule is NC(=O)CCNC(=O)c1nc(Cl)ccc1Cl. The molecule has 0 aliphatic carbocycles. The minimum atomic E-state index is -0.495. The fraction of sp³-hybridized carbons (Fsp3) is 0.222. The van der Waals surface area contributed by atoms with Gasteiger partial charge in [-0.1, -0.05) is 23.2 Å². The fourth-order valence-corrected chi connectivity index (χ4v) is 1.30. The average Bonchev–Trinajstić information content (AvgIpc) is 2.21. The lowest BCUT2D eigenvalue weighted by Crippen LogP contribution is -2.28. The topological polar surface area (TPSA) is 85.1 Å². The molecule has 0 atom stereocenters. The molecule has 3 N–H and O–H groups in total. The summed E-state index contributed by atoms with van der Waals surface area (Å²) in [5.41, 5.74) is 4.94. The maximum atomic E-state index is 11.5. The number of aromatic nitrogens is 1. The first-order chi connectivity index (χ1) is 7.50. The monoisotopic (exact) mass is 261 g/mol. The number of primary amides is 1. The zero-order valence-corrected chi connectivity index (χ0v) is 9.68. The van der Waals surface area contributed by atoms with Gasteiger partial charge in [0.25, 0.3) is 5.91 Å². The number of halogens is 2. The van der Waals surface area contributed by atoms with Gasteiger partial charge in [0.05, 0.1) is 5.02 Å². The van der Waals surface area contributed by atoms with Crippen LogP contribution in [0.5, 0.6) is 0 Å². The third kappa shape index (κ3) is 3.67. The van der Waals surface area contributed by atoms with Gasteiger partial charge in [-0.25, -0.2) is 4.98 Å². The van der Waals surface area contributed by atoms with E-state index in [0.717, 1.165) is 0 Å². The lowest BCUT2D eigenvalue weighted by atomic mass is 10.3. The van der Waals surface area contributed by atoms with E-state index in [-0.39, 0.29) is 28.8 Å². The maximum absolute atomic E-state index is 11.5. The molecule has 1 heterocycles. The van der Waals surface area contributed by atoms with Crippen LogP contribution in [0.3, 0.4) is 0 Å². The molecule has 1 aromatic heterocycles. The van der Waals surface area contributed by atoms with Crippen molar-refractivity contribution in [1.82, 2.24) is 10.3 Å². The highest BCUT2D eigenvalue weighted by molar-refractivity contribution is 6.34. The number of nitrogens with zero attached hydrogens (tertiary/aromatic N) is 1. The number of pyridine rings is 1. The van der Waals surface area contributed by atoms with Gasteiger partial charge in [-0.05, 0) is 12.1 Å². The Morgan fingerprint density at radius 1 is 1.38 bits per heavy atom. The van der Waals surface area contributed by atoms with Crippen LogP contribution < -0.4 is 11.1 Å². The van der Waals surface area contributed by atoms with Crippen molar-refractivity contribution in [3.05, 3.63) is 28.0 Å². The second-order valence-corrected chi connectivity index (χ2v) is 3.73. The fourth-order valence-electron chi connectivity index (χ4n) is 0.961. The molecule has 0 bridgehead atoms. The van der Waals surface area contributed by atoms with Crippen molar-refractivity contribution in [2.24, 2.45) is 5.73 Å². The summed E-state index contributed by atoms with van der Waals surface area (Å²) in [6, 6.07) is 2.95. The van der Waals surface area contributed by atoms with E-state index in [1.165, 1.54) is 12.1 Å². The van der Waals surface area contributed by atoms with Crippen LogP contribution in [-0.2, 0) is 4.79 Å². The molecule has 0 aliphatic heterocycles. The van der Waals surface area contributed by atoms with E-state index in [1.54, 1.807) is 0 Å². The van der Waals surface area contributed by atoms with Crippen LogP contribution in [0.4, 0.5) is 0 Å². The van der Waals surface area contributed by atoms with Crippen LogP contribution in [0.25, 0.3) is 0 Å². The minimum absolute atomic E-state index is 0.0265. The van der Waals surface area contributed by atoms with Gasteiger partial charge in [0.15, 0.2) is 0 Å². The molecule has 0 radical (unpaired) electrons. The summed E-state index contributed by atoms with van der Waals surface area (Å²) in [6.07, 6.45) is 0.0594. The van der Waals surface area contributed by atoms with Crippen LogP contribution in [0.1, 0.15) is 16.9 Å². The summed E-state index contributed by atoms with van der Waals surface area (Å²) in [6.45, 7) is 0.138. The quantitative estimate of drug-likeness (QED) is 0.793. The average molecular weight is 262 g/mol. The molecule has 0 saturated heterocycles. The first-order valence-corrected chi connectivity index (χ1v) is 5.15. The molecule has 0 unspecified atom stereocenters. The second kappa shape index (κ2) is 5.67. The Morgan fingerprint density at radius 2 is 2.06 bits per heavy atom. The number of carbonyl (C=O) groups excluding carboxylic acids is 2. The Kier molecular flexibility index (Phi) is 4.52. The van der Waals surface area contributed by atoms with Crippen molar-refractivity contribution in [3.8, 4) is 0 Å². The highest BCUT2D eigenvalue weighted by Crippen LogP contribution is 2.16. The molecule has 1 rings (SSSR count). The normalized spacial score (nSPS) is 9.88. The molecule has 1 aromatic rings. The van der Waals surface area contributed by atoms with Gasteiger partial charge in [0.1, 0.15) is 10.8 Å². The number of carbonyl (C=O) groups is 2. The van der Waals surface area contributed by atoms with Crippen LogP contribution in [0.15, 0.2) is 12.1 Å². The Balaban J connectivity index is 2.65. The van der Waals surface area contributed by atoms with Gasteiger partial charge in [-0.2, -0.15) is 0 Å². The predicted molar refractivity (Wildman–Crippen MR) is 60.4 cm³/mol. The van der Waals surface area contributed by atoms with Crippen LogP contribution >= 0.6 is 23.2 Å². The van der Waals surface area contributed by atoms with E-state index >= 15 is 0 Å². The molecule has 0 fully saturated rings. The zero-order chi connectivity index (χ0) is 12.1. The van der Waals surface area contributed by atoms with Gasteiger partial charge >= 0.3 is 0 Å². The minimum Gasteiger partial charge on any atom is -0.370 e. The van der Waals surface area contributed by atoms with Crippen molar-refractivity contribution in [1.29, 1.82) is 0 Å². The third-order valence-corrected chi connectivity index (χ3v) is 2.20. The molecule has 0 spiro atoms. The van der Waals surface area contributed by atoms with E-state index in [1.807, 2.05) is 0 Å². The Hall–Kier alpha value is -1.33. The van der Waals surface area contributed by atoms with Gasteiger partial charge in [0.2, 0.25) is 5.91 Å². The third-order valence-electron chi connectivity index (χ3n) is 1.68. The zero-order valence-electron chi connectivity index (χ0n) is 8.17. The van der Waals surface area contributed by atoms with Crippen molar-refractivity contribution < 1.29 is 9.59 Å².